The fourth-order valence-electron chi connectivity index (χ4n) is 2.25. The lowest BCUT2D eigenvalue weighted by molar-refractivity contribution is -0.114. The smallest absolute Gasteiger partial charge is 0.255 e. The number of nitrogens with one attached hydrogen (secondary N) is 3. The van der Waals surface area contributed by atoms with Crippen molar-refractivity contribution in [1.82, 2.24) is 0 Å². The molecule has 126 valence electrons. The lowest BCUT2D eigenvalue weighted by Gasteiger charge is -2.17. The van der Waals surface area contributed by atoms with Crippen LogP contribution in [0.5, 0.6) is 0 Å². The molecule has 1 aliphatic heterocycles. The van der Waals surface area contributed by atoms with Gasteiger partial charge in [-0.25, -0.2) is 0 Å². The number of rotatable bonds is 4. The Bertz CT molecular complexity index is 862. The van der Waals surface area contributed by atoms with Gasteiger partial charge in [0.25, 0.3) is 5.91 Å². The van der Waals surface area contributed by atoms with Crippen molar-refractivity contribution in [2.75, 3.05) is 21.7 Å². The SMILES string of the molecule is C=CC(=O)Nc1ccc(C(=O)Nc2ccc3c(c2)SCC(=O)N3)cc1. The first-order chi connectivity index (χ1) is 12.0. The van der Waals surface area contributed by atoms with Gasteiger partial charge in [0.1, 0.15) is 0 Å². The van der Waals surface area contributed by atoms with Gasteiger partial charge < -0.3 is 16.0 Å². The fourth-order valence-corrected chi connectivity index (χ4v) is 3.10. The average Bonchev–Trinajstić information content (AvgIpc) is 2.62. The summed E-state index contributed by atoms with van der Waals surface area (Å²) in [5.74, 6) is -0.234. The van der Waals surface area contributed by atoms with Crippen molar-refractivity contribution >= 4 is 46.5 Å². The van der Waals surface area contributed by atoms with Crippen molar-refractivity contribution in [3.8, 4) is 0 Å². The largest absolute Gasteiger partial charge is 0.324 e. The van der Waals surface area contributed by atoms with Crippen molar-refractivity contribution in [2.24, 2.45) is 0 Å². The number of hydrogen-bond acceptors (Lipinski definition) is 4. The Kier molecular flexibility index (Phi) is 4.85. The van der Waals surface area contributed by atoms with Gasteiger partial charge in [0.05, 0.1) is 11.4 Å². The Morgan fingerprint density at radius 2 is 1.80 bits per heavy atom. The van der Waals surface area contributed by atoms with E-state index in [4.69, 9.17) is 0 Å². The summed E-state index contributed by atoms with van der Waals surface area (Å²) in [4.78, 5) is 35.8. The molecule has 1 heterocycles. The van der Waals surface area contributed by atoms with Crippen molar-refractivity contribution in [3.05, 3.63) is 60.7 Å². The molecule has 3 N–H and O–H groups in total. The number of carbonyl (C=O) groups excluding carboxylic acids is 3. The highest BCUT2D eigenvalue weighted by Crippen LogP contribution is 2.33. The molecule has 0 radical (unpaired) electrons. The molecule has 7 heteroatoms. The lowest BCUT2D eigenvalue weighted by atomic mass is 10.2. The van der Waals surface area contributed by atoms with E-state index in [1.165, 1.54) is 17.8 Å². The third kappa shape index (κ3) is 4.07. The van der Waals surface area contributed by atoms with Crippen molar-refractivity contribution in [2.45, 2.75) is 4.90 Å². The van der Waals surface area contributed by atoms with Gasteiger partial charge in [-0.3, -0.25) is 14.4 Å². The molecule has 0 aliphatic carbocycles. The van der Waals surface area contributed by atoms with Gasteiger partial charge in [-0.15, -0.1) is 11.8 Å². The van der Waals surface area contributed by atoms with Crippen LogP contribution in [0.4, 0.5) is 17.1 Å². The fraction of sp³-hybridized carbons (Fsp3) is 0.0556. The summed E-state index contributed by atoms with van der Waals surface area (Å²) < 4.78 is 0. The molecule has 6 nitrogen and oxygen atoms in total. The maximum absolute atomic E-state index is 12.3. The molecule has 2 aromatic carbocycles. The molecular weight excluding hydrogens is 338 g/mol. The van der Waals surface area contributed by atoms with Crippen molar-refractivity contribution < 1.29 is 14.4 Å². The normalized spacial score (nSPS) is 12.6. The zero-order chi connectivity index (χ0) is 17.8. The molecule has 0 aromatic heterocycles. The molecule has 1 aliphatic rings. The second kappa shape index (κ2) is 7.23. The number of anilines is 3. The van der Waals surface area contributed by atoms with E-state index < -0.39 is 0 Å². The van der Waals surface area contributed by atoms with Crippen LogP contribution in [0.2, 0.25) is 0 Å². The van der Waals surface area contributed by atoms with Crippen LogP contribution in [-0.2, 0) is 9.59 Å². The Balaban J connectivity index is 1.69. The van der Waals surface area contributed by atoms with Gasteiger partial charge in [-0.1, -0.05) is 6.58 Å². The molecule has 3 rings (SSSR count). The Morgan fingerprint density at radius 1 is 1.08 bits per heavy atom. The van der Waals surface area contributed by atoms with E-state index in [-0.39, 0.29) is 17.7 Å². The Morgan fingerprint density at radius 3 is 2.52 bits per heavy atom. The van der Waals surface area contributed by atoms with E-state index in [1.54, 1.807) is 36.4 Å². The Hall–Kier alpha value is -3.06. The third-order valence-corrected chi connectivity index (χ3v) is 4.53. The quantitative estimate of drug-likeness (QED) is 0.737. The summed E-state index contributed by atoms with van der Waals surface area (Å²) in [6, 6.07) is 11.9. The highest BCUT2D eigenvalue weighted by molar-refractivity contribution is 8.00. The van der Waals surface area contributed by atoms with Gasteiger partial charge in [0, 0.05) is 21.8 Å². The standard InChI is InChI=1S/C18H15N3O3S/c1-2-16(22)19-12-5-3-11(4-6-12)18(24)20-13-7-8-14-15(9-13)25-10-17(23)21-14/h2-9H,1,10H2,(H,19,22)(H,20,24)(H,21,23). The summed E-state index contributed by atoms with van der Waals surface area (Å²) >= 11 is 1.43. The van der Waals surface area contributed by atoms with Crippen LogP contribution in [0.15, 0.2) is 60.0 Å². The second-order valence-corrected chi connectivity index (χ2v) is 6.29. The first-order valence-electron chi connectivity index (χ1n) is 7.47. The second-order valence-electron chi connectivity index (χ2n) is 5.27. The molecule has 0 spiro atoms. The van der Waals surface area contributed by atoms with Gasteiger partial charge in [0.2, 0.25) is 11.8 Å². The lowest BCUT2D eigenvalue weighted by Crippen LogP contribution is -2.19. The molecule has 25 heavy (non-hydrogen) atoms. The van der Waals surface area contributed by atoms with Gasteiger partial charge in [0.15, 0.2) is 0 Å². The monoisotopic (exact) mass is 353 g/mol. The van der Waals surface area contributed by atoms with Gasteiger partial charge >= 0.3 is 0 Å². The minimum Gasteiger partial charge on any atom is -0.324 e. The van der Waals surface area contributed by atoms with E-state index in [2.05, 4.69) is 22.5 Å². The maximum atomic E-state index is 12.3. The van der Waals surface area contributed by atoms with Crippen LogP contribution >= 0.6 is 11.8 Å². The summed E-state index contributed by atoms with van der Waals surface area (Å²) in [7, 11) is 0. The summed E-state index contributed by atoms with van der Waals surface area (Å²) in [5.41, 5.74) is 2.45. The molecule has 0 unspecified atom stereocenters. The number of fused-ring (bicyclic) bond motifs is 1. The van der Waals surface area contributed by atoms with Crippen LogP contribution in [0.1, 0.15) is 10.4 Å². The van der Waals surface area contributed by atoms with Gasteiger partial charge in [-0.05, 0) is 48.5 Å². The zero-order valence-corrected chi connectivity index (χ0v) is 14.0. The van der Waals surface area contributed by atoms with Crippen LogP contribution in [0, 0.1) is 0 Å². The predicted molar refractivity (Wildman–Crippen MR) is 99.0 cm³/mol. The molecule has 0 saturated heterocycles. The van der Waals surface area contributed by atoms with Crippen LogP contribution in [-0.4, -0.2) is 23.5 Å². The maximum Gasteiger partial charge on any atom is 0.255 e. The van der Waals surface area contributed by atoms with E-state index in [1.807, 2.05) is 6.07 Å². The number of hydrogen-bond donors (Lipinski definition) is 3. The van der Waals surface area contributed by atoms with Crippen molar-refractivity contribution in [1.29, 1.82) is 0 Å². The van der Waals surface area contributed by atoms with Crippen LogP contribution < -0.4 is 16.0 Å². The zero-order valence-electron chi connectivity index (χ0n) is 13.2. The molecule has 0 bridgehead atoms. The van der Waals surface area contributed by atoms with E-state index >= 15 is 0 Å². The number of thioether (sulfide) groups is 1. The number of benzene rings is 2. The first kappa shape index (κ1) is 16.8. The van der Waals surface area contributed by atoms with Crippen LogP contribution in [0.3, 0.4) is 0 Å². The highest BCUT2D eigenvalue weighted by Gasteiger charge is 2.16. The summed E-state index contributed by atoms with van der Waals surface area (Å²) in [6.45, 7) is 3.38. The van der Waals surface area contributed by atoms with Gasteiger partial charge in [-0.2, -0.15) is 0 Å². The number of carbonyl (C=O) groups is 3. The van der Waals surface area contributed by atoms with Crippen LogP contribution in [0.25, 0.3) is 0 Å². The first-order valence-corrected chi connectivity index (χ1v) is 8.45. The molecule has 0 saturated carbocycles. The molecule has 0 atom stereocenters. The molecule has 3 amide bonds. The Labute approximate surface area is 148 Å². The highest BCUT2D eigenvalue weighted by atomic mass is 32.2. The molecule has 0 fully saturated rings. The van der Waals surface area contributed by atoms with E-state index in [0.717, 1.165) is 10.6 Å². The molecule has 2 aromatic rings. The topological polar surface area (TPSA) is 87.3 Å². The average molecular weight is 353 g/mol. The summed E-state index contributed by atoms with van der Waals surface area (Å²) in [6.07, 6.45) is 1.18. The van der Waals surface area contributed by atoms with E-state index in [9.17, 15) is 14.4 Å². The van der Waals surface area contributed by atoms with Crippen molar-refractivity contribution in [3.63, 3.8) is 0 Å². The molecular formula is C18H15N3O3S. The predicted octanol–water partition coefficient (Wildman–Crippen LogP) is 3.11. The minimum atomic E-state index is -0.309. The summed E-state index contributed by atoms with van der Waals surface area (Å²) in [5, 5.41) is 8.23. The number of amides is 3. The third-order valence-electron chi connectivity index (χ3n) is 3.47. The van der Waals surface area contributed by atoms with E-state index in [0.29, 0.717) is 22.7 Å². The minimum absolute atomic E-state index is 0.0297.